The highest BCUT2D eigenvalue weighted by Gasteiger charge is 2.18. The van der Waals surface area contributed by atoms with Crippen LogP contribution in [-0.2, 0) is 0 Å². The number of nitrogens with zero attached hydrogens (tertiary/aromatic N) is 3. The number of fused-ring (bicyclic) bond motifs is 11. The van der Waals surface area contributed by atoms with Gasteiger partial charge in [-0.15, -0.1) is 0 Å². The van der Waals surface area contributed by atoms with Crippen LogP contribution in [0.5, 0.6) is 0 Å². The molecule has 0 saturated heterocycles. The summed E-state index contributed by atoms with van der Waals surface area (Å²) in [5.41, 5.74) is 13.2. The zero-order chi connectivity index (χ0) is 32.9. The van der Waals surface area contributed by atoms with Crippen LogP contribution < -0.4 is 0 Å². The second kappa shape index (κ2) is 10.2. The predicted molar refractivity (Wildman–Crippen MR) is 208 cm³/mol. The monoisotopic (exact) mass is 639 g/mol. The summed E-state index contributed by atoms with van der Waals surface area (Å²) in [6.45, 7) is 2.11. The number of hydrogen-bond acceptors (Lipinski definition) is 2. The number of benzene rings is 7. The van der Waals surface area contributed by atoms with Crippen molar-refractivity contribution in [1.82, 2.24) is 14.1 Å². The third kappa shape index (κ3) is 3.84. The van der Waals surface area contributed by atoms with Gasteiger partial charge < -0.3 is 13.6 Å². The second-order valence-corrected chi connectivity index (χ2v) is 13.3. The van der Waals surface area contributed by atoms with Crippen LogP contribution >= 0.6 is 0 Å². The number of aryl methyl sites for hydroxylation is 1. The highest BCUT2D eigenvalue weighted by Crippen LogP contribution is 2.40. The van der Waals surface area contributed by atoms with Gasteiger partial charge in [0, 0.05) is 55.3 Å². The summed E-state index contributed by atoms with van der Waals surface area (Å²) in [6.07, 6.45) is 1.96. The van der Waals surface area contributed by atoms with E-state index in [9.17, 15) is 0 Å². The third-order valence-electron chi connectivity index (χ3n) is 10.4. The molecule has 11 rings (SSSR count). The largest absolute Gasteiger partial charge is 0.455 e. The number of rotatable bonds is 3. The molecule has 234 valence electrons. The Hall–Kier alpha value is -6.65. The maximum Gasteiger partial charge on any atom is 0.146 e. The molecule has 4 aromatic heterocycles. The van der Waals surface area contributed by atoms with Crippen molar-refractivity contribution in [1.29, 1.82) is 0 Å². The molecule has 0 N–H and O–H groups in total. The summed E-state index contributed by atoms with van der Waals surface area (Å²) >= 11 is 0. The van der Waals surface area contributed by atoms with Crippen molar-refractivity contribution in [2.75, 3.05) is 0 Å². The van der Waals surface area contributed by atoms with E-state index in [2.05, 4.69) is 168 Å². The molecule has 11 aromatic rings. The first-order chi connectivity index (χ1) is 24.7. The minimum atomic E-state index is 0.864. The molecule has 0 atom stereocenters. The highest BCUT2D eigenvalue weighted by atomic mass is 16.3. The molecule has 4 heterocycles. The normalized spacial score (nSPS) is 12.1. The number of aromatic nitrogens is 3. The quantitative estimate of drug-likeness (QED) is 0.193. The summed E-state index contributed by atoms with van der Waals surface area (Å²) in [5.74, 6) is 0. The topological polar surface area (TPSA) is 35.9 Å². The van der Waals surface area contributed by atoms with Crippen LogP contribution in [0.1, 0.15) is 5.56 Å². The molecular formula is C46H29N3O. The van der Waals surface area contributed by atoms with E-state index >= 15 is 0 Å². The van der Waals surface area contributed by atoms with Gasteiger partial charge in [0.15, 0.2) is 0 Å². The fraction of sp³-hybridized carbons (Fsp3) is 0.0217. The van der Waals surface area contributed by atoms with E-state index in [0.717, 1.165) is 44.2 Å². The molecule has 0 aliphatic carbocycles. The first-order valence-corrected chi connectivity index (χ1v) is 17.0. The van der Waals surface area contributed by atoms with Gasteiger partial charge in [-0.2, -0.15) is 0 Å². The van der Waals surface area contributed by atoms with Crippen molar-refractivity contribution >= 4 is 76.5 Å². The molecule has 50 heavy (non-hydrogen) atoms. The number of furan rings is 1. The molecule has 0 unspecified atom stereocenters. The van der Waals surface area contributed by atoms with E-state index in [1.165, 1.54) is 60.3 Å². The first kappa shape index (κ1) is 27.3. The van der Waals surface area contributed by atoms with Gasteiger partial charge in [-0.25, -0.2) is 0 Å². The van der Waals surface area contributed by atoms with E-state index in [1.807, 2.05) is 6.20 Å². The molecule has 0 saturated carbocycles. The molecule has 0 aliphatic heterocycles. The van der Waals surface area contributed by atoms with E-state index < -0.39 is 0 Å². The Balaban J connectivity index is 1.14. The van der Waals surface area contributed by atoms with Gasteiger partial charge >= 0.3 is 0 Å². The SMILES string of the molecule is Cc1ccc2ncc3c4cc(-n5c6ccccc6c6ccc(-c7ccc8c9ccccc9n(-c9ccccc9)c8c7)cc65)ccc4oc3c2c1. The zero-order valence-electron chi connectivity index (χ0n) is 27.3. The number of hydrogen-bond donors (Lipinski definition) is 0. The highest BCUT2D eigenvalue weighted by molar-refractivity contribution is 6.15. The summed E-state index contributed by atoms with van der Waals surface area (Å²) in [6, 6.07) is 54.7. The van der Waals surface area contributed by atoms with Gasteiger partial charge in [0.05, 0.1) is 27.6 Å². The standard InChI is InChI=1S/C46H29N3O/c1-28-15-21-40-38(23-28)46-39(27-47-40)37-26-32(18-22-45(37)50-46)49-42-14-8-6-12-34(42)36-20-17-30(25-44(36)49)29-16-19-35-33-11-5-7-13-41(33)48(43(35)24-29)31-9-3-2-4-10-31/h2-27H,1H3. The van der Waals surface area contributed by atoms with Crippen LogP contribution in [0.15, 0.2) is 162 Å². The van der Waals surface area contributed by atoms with E-state index in [0.29, 0.717) is 0 Å². The smallest absolute Gasteiger partial charge is 0.146 e. The first-order valence-electron chi connectivity index (χ1n) is 17.0. The molecule has 0 amide bonds. The predicted octanol–water partition coefficient (Wildman–Crippen LogP) is 12.3. The molecule has 4 heteroatoms. The summed E-state index contributed by atoms with van der Waals surface area (Å²) in [7, 11) is 0. The lowest BCUT2D eigenvalue weighted by atomic mass is 10.0. The van der Waals surface area contributed by atoms with Crippen molar-refractivity contribution in [3.8, 4) is 22.5 Å². The van der Waals surface area contributed by atoms with E-state index in [4.69, 9.17) is 9.40 Å². The van der Waals surface area contributed by atoms with Crippen LogP contribution in [0.2, 0.25) is 0 Å². The Morgan fingerprint density at radius 2 is 1.06 bits per heavy atom. The minimum Gasteiger partial charge on any atom is -0.455 e. The Bertz CT molecular complexity index is 3160. The fourth-order valence-corrected chi connectivity index (χ4v) is 8.08. The van der Waals surface area contributed by atoms with Crippen LogP contribution in [0.3, 0.4) is 0 Å². The van der Waals surface area contributed by atoms with Crippen LogP contribution in [0.25, 0.3) is 99.0 Å². The van der Waals surface area contributed by atoms with Crippen LogP contribution in [-0.4, -0.2) is 14.1 Å². The minimum absolute atomic E-state index is 0.864. The van der Waals surface area contributed by atoms with Crippen LogP contribution in [0, 0.1) is 6.92 Å². The lowest BCUT2D eigenvalue weighted by molar-refractivity contribution is 0.672. The van der Waals surface area contributed by atoms with Gasteiger partial charge in [-0.1, -0.05) is 90.5 Å². The maximum absolute atomic E-state index is 6.49. The molecule has 0 spiro atoms. The Labute approximate surface area is 287 Å². The molecule has 4 nitrogen and oxygen atoms in total. The molecule has 0 aliphatic rings. The zero-order valence-corrected chi connectivity index (χ0v) is 27.3. The molecule has 0 radical (unpaired) electrons. The third-order valence-corrected chi connectivity index (χ3v) is 10.4. The summed E-state index contributed by atoms with van der Waals surface area (Å²) < 4.78 is 11.3. The number of para-hydroxylation sites is 3. The van der Waals surface area contributed by atoms with Gasteiger partial charge in [-0.3, -0.25) is 4.98 Å². The average Bonchev–Trinajstić information content (AvgIpc) is 3.82. The lowest BCUT2D eigenvalue weighted by Gasteiger charge is -2.11. The Kier molecular flexibility index (Phi) is 5.56. The molecular weight excluding hydrogens is 611 g/mol. The van der Waals surface area contributed by atoms with Crippen molar-refractivity contribution in [2.45, 2.75) is 6.92 Å². The van der Waals surface area contributed by atoms with Crippen molar-refractivity contribution < 1.29 is 4.42 Å². The molecule has 7 aromatic carbocycles. The van der Waals surface area contributed by atoms with Crippen molar-refractivity contribution in [2.24, 2.45) is 0 Å². The van der Waals surface area contributed by atoms with Gasteiger partial charge in [0.2, 0.25) is 0 Å². The molecule has 0 fully saturated rings. The second-order valence-electron chi connectivity index (χ2n) is 13.3. The Morgan fingerprint density at radius 1 is 0.440 bits per heavy atom. The van der Waals surface area contributed by atoms with Crippen molar-refractivity contribution in [3.05, 3.63) is 163 Å². The van der Waals surface area contributed by atoms with E-state index in [-0.39, 0.29) is 0 Å². The maximum atomic E-state index is 6.49. The summed E-state index contributed by atoms with van der Waals surface area (Å²) in [4.78, 5) is 4.80. The van der Waals surface area contributed by atoms with Gasteiger partial charge in [0.1, 0.15) is 11.2 Å². The van der Waals surface area contributed by atoms with E-state index in [1.54, 1.807) is 0 Å². The summed E-state index contributed by atoms with van der Waals surface area (Å²) in [5, 5.41) is 8.11. The van der Waals surface area contributed by atoms with Gasteiger partial charge in [-0.05, 0) is 84.8 Å². The average molecular weight is 640 g/mol. The van der Waals surface area contributed by atoms with Crippen molar-refractivity contribution in [3.63, 3.8) is 0 Å². The number of pyridine rings is 1. The van der Waals surface area contributed by atoms with Gasteiger partial charge in [0.25, 0.3) is 0 Å². The lowest BCUT2D eigenvalue weighted by Crippen LogP contribution is -1.94. The van der Waals surface area contributed by atoms with Crippen LogP contribution in [0.4, 0.5) is 0 Å². The Morgan fingerprint density at radius 3 is 1.76 bits per heavy atom. The molecule has 0 bridgehead atoms. The fourth-order valence-electron chi connectivity index (χ4n) is 8.08.